The van der Waals surface area contributed by atoms with Crippen LogP contribution in [0.1, 0.15) is 40.0 Å². The molecular weight excluding hydrogens is 392 g/mol. The van der Waals surface area contributed by atoms with Crippen LogP contribution in [0.2, 0.25) is 0 Å². The standard InChI is InChI=1S/C24H24N4O3/c1-17(20-13-8-9-15-22(20)31-2)26-28-23(18-10-4-3-5-11-18)27-25-16-19-12-6-7-14-21(19)24(29)30/h3-15,17,26H,16H2,1-2H3,(H,29,30)/b27-25?,28-23-. The minimum absolute atomic E-state index is 0.127. The normalized spacial score (nSPS) is 12.5. The average molecular weight is 416 g/mol. The van der Waals surface area contributed by atoms with E-state index in [0.717, 1.165) is 16.9 Å². The van der Waals surface area contributed by atoms with E-state index < -0.39 is 5.97 Å². The number of hydrogen-bond acceptors (Lipinski definition) is 5. The second kappa shape index (κ2) is 10.7. The van der Waals surface area contributed by atoms with Gasteiger partial charge in [-0.1, -0.05) is 66.7 Å². The molecule has 0 saturated carbocycles. The fraction of sp³-hybridized carbons (Fsp3) is 0.167. The van der Waals surface area contributed by atoms with Gasteiger partial charge in [0, 0.05) is 11.1 Å². The fourth-order valence-corrected chi connectivity index (χ4v) is 3.03. The van der Waals surface area contributed by atoms with Crippen molar-refractivity contribution in [3.8, 4) is 5.75 Å². The molecule has 0 aliphatic heterocycles. The lowest BCUT2D eigenvalue weighted by atomic mass is 10.1. The molecule has 1 unspecified atom stereocenters. The van der Waals surface area contributed by atoms with Gasteiger partial charge in [-0.25, -0.2) is 4.79 Å². The molecule has 0 amide bonds. The minimum Gasteiger partial charge on any atom is -0.496 e. The van der Waals surface area contributed by atoms with Gasteiger partial charge in [-0.2, -0.15) is 10.2 Å². The van der Waals surface area contributed by atoms with Crippen molar-refractivity contribution in [1.82, 2.24) is 5.43 Å². The predicted octanol–water partition coefficient (Wildman–Crippen LogP) is 5.06. The molecule has 158 valence electrons. The summed E-state index contributed by atoms with van der Waals surface area (Å²) in [6.45, 7) is 2.11. The molecule has 3 aromatic carbocycles. The van der Waals surface area contributed by atoms with Crippen LogP contribution in [0.25, 0.3) is 0 Å². The average Bonchev–Trinajstić information content (AvgIpc) is 2.81. The minimum atomic E-state index is -0.991. The molecule has 7 heteroatoms. The molecule has 0 fully saturated rings. The Morgan fingerprint density at radius 2 is 1.68 bits per heavy atom. The second-order valence-electron chi connectivity index (χ2n) is 6.76. The summed E-state index contributed by atoms with van der Waals surface area (Å²) in [5, 5.41) is 22.3. The number of methoxy groups -OCH3 is 1. The van der Waals surface area contributed by atoms with Crippen LogP contribution in [-0.2, 0) is 6.54 Å². The van der Waals surface area contributed by atoms with Gasteiger partial charge in [0.15, 0.2) is 5.84 Å². The molecule has 3 rings (SSSR count). The third-order valence-corrected chi connectivity index (χ3v) is 4.66. The Labute approximate surface area is 181 Å². The molecule has 0 spiro atoms. The highest BCUT2D eigenvalue weighted by Gasteiger charge is 2.11. The summed E-state index contributed by atoms with van der Waals surface area (Å²) < 4.78 is 5.42. The van der Waals surface area contributed by atoms with E-state index in [2.05, 4.69) is 20.8 Å². The quantitative estimate of drug-likeness (QED) is 0.232. The van der Waals surface area contributed by atoms with Crippen molar-refractivity contribution < 1.29 is 14.6 Å². The molecule has 7 nitrogen and oxygen atoms in total. The van der Waals surface area contributed by atoms with Gasteiger partial charge in [-0.15, -0.1) is 5.11 Å². The Balaban J connectivity index is 1.82. The lowest BCUT2D eigenvalue weighted by molar-refractivity contribution is 0.0695. The molecule has 0 aliphatic rings. The van der Waals surface area contributed by atoms with E-state index in [1.807, 2.05) is 61.5 Å². The molecule has 1 atom stereocenters. The Kier molecular flexibility index (Phi) is 7.48. The number of benzene rings is 3. The van der Waals surface area contributed by atoms with Gasteiger partial charge in [-0.05, 0) is 24.6 Å². The second-order valence-corrected chi connectivity index (χ2v) is 6.76. The summed E-state index contributed by atoms with van der Waals surface area (Å²) in [5.74, 6) is 0.177. The number of carboxylic acid groups (broad SMARTS) is 1. The van der Waals surface area contributed by atoms with Crippen molar-refractivity contribution in [2.24, 2.45) is 15.3 Å². The van der Waals surface area contributed by atoms with E-state index in [1.54, 1.807) is 31.4 Å². The fourth-order valence-electron chi connectivity index (χ4n) is 3.03. The molecule has 2 N–H and O–H groups in total. The number of aromatic carboxylic acids is 1. The number of nitrogens with zero attached hydrogens (tertiary/aromatic N) is 3. The van der Waals surface area contributed by atoms with Crippen molar-refractivity contribution in [2.45, 2.75) is 19.5 Å². The van der Waals surface area contributed by atoms with E-state index in [1.165, 1.54) is 0 Å². The van der Waals surface area contributed by atoms with E-state index in [9.17, 15) is 9.90 Å². The molecule has 0 aromatic heterocycles. The maximum absolute atomic E-state index is 11.4. The zero-order valence-corrected chi connectivity index (χ0v) is 17.4. The zero-order valence-electron chi connectivity index (χ0n) is 17.4. The predicted molar refractivity (Wildman–Crippen MR) is 119 cm³/mol. The third kappa shape index (κ3) is 5.76. The van der Waals surface area contributed by atoms with Crippen LogP contribution >= 0.6 is 0 Å². The number of hydrazone groups is 1. The van der Waals surface area contributed by atoms with Crippen molar-refractivity contribution in [3.63, 3.8) is 0 Å². The topological polar surface area (TPSA) is 95.6 Å². The molecule has 3 aromatic rings. The first kappa shape index (κ1) is 21.7. The molecule has 31 heavy (non-hydrogen) atoms. The molecule has 0 aliphatic carbocycles. The summed E-state index contributed by atoms with van der Waals surface area (Å²) in [6.07, 6.45) is 0. The molecular formula is C24H24N4O3. The number of para-hydroxylation sites is 1. The van der Waals surface area contributed by atoms with Crippen LogP contribution in [0.3, 0.4) is 0 Å². The van der Waals surface area contributed by atoms with Gasteiger partial charge in [0.05, 0.1) is 25.3 Å². The third-order valence-electron chi connectivity index (χ3n) is 4.66. The monoisotopic (exact) mass is 416 g/mol. The van der Waals surface area contributed by atoms with E-state index in [0.29, 0.717) is 11.4 Å². The number of ether oxygens (including phenoxy) is 1. The van der Waals surface area contributed by atoms with Gasteiger partial charge < -0.3 is 15.3 Å². The highest BCUT2D eigenvalue weighted by molar-refractivity contribution is 5.99. The lowest BCUT2D eigenvalue weighted by Gasteiger charge is -2.15. The number of carboxylic acids is 1. The number of azo groups is 1. The SMILES string of the molecule is COc1ccccc1C(C)N/N=C(\N=NCc1ccccc1C(=O)O)c1ccccc1. The number of hydrogen-bond donors (Lipinski definition) is 2. The first-order valence-corrected chi connectivity index (χ1v) is 9.80. The number of amidine groups is 1. The Morgan fingerprint density at radius 3 is 2.42 bits per heavy atom. The number of nitrogens with one attached hydrogen (secondary N) is 1. The first-order chi connectivity index (χ1) is 15.1. The van der Waals surface area contributed by atoms with E-state index in [-0.39, 0.29) is 18.2 Å². The lowest BCUT2D eigenvalue weighted by Crippen LogP contribution is -2.15. The maximum atomic E-state index is 11.4. The van der Waals surface area contributed by atoms with Crippen LogP contribution in [0.5, 0.6) is 5.75 Å². The Hall–Kier alpha value is -4.00. The summed E-state index contributed by atoms with van der Waals surface area (Å²) in [4.78, 5) is 11.4. The van der Waals surface area contributed by atoms with Crippen molar-refractivity contribution >= 4 is 11.8 Å². The van der Waals surface area contributed by atoms with Gasteiger partial charge in [0.2, 0.25) is 0 Å². The van der Waals surface area contributed by atoms with Gasteiger partial charge in [0.1, 0.15) is 5.75 Å². The smallest absolute Gasteiger partial charge is 0.336 e. The van der Waals surface area contributed by atoms with Crippen molar-refractivity contribution in [1.29, 1.82) is 0 Å². The first-order valence-electron chi connectivity index (χ1n) is 9.80. The van der Waals surface area contributed by atoms with E-state index >= 15 is 0 Å². The molecule has 0 saturated heterocycles. The van der Waals surface area contributed by atoms with Gasteiger partial charge >= 0.3 is 5.97 Å². The van der Waals surface area contributed by atoms with Gasteiger partial charge in [-0.3, -0.25) is 0 Å². The highest BCUT2D eigenvalue weighted by atomic mass is 16.5. The van der Waals surface area contributed by atoms with Crippen LogP contribution in [0.15, 0.2) is 94.2 Å². The summed E-state index contributed by atoms with van der Waals surface area (Å²) in [7, 11) is 1.63. The van der Waals surface area contributed by atoms with Crippen LogP contribution in [0.4, 0.5) is 0 Å². The largest absolute Gasteiger partial charge is 0.496 e. The van der Waals surface area contributed by atoms with Crippen molar-refractivity contribution in [2.75, 3.05) is 7.11 Å². The Morgan fingerprint density at radius 1 is 1.00 bits per heavy atom. The maximum Gasteiger partial charge on any atom is 0.336 e. The highest BCUT2D eigenvalue weighted by Crippen LogP contribution is 2.24. The number of carbonyl (C=O) groups is 1. The van der Waals surface area contributed by atoms with Crippen molar-refractivity contribution in [3.05, 3.63) is 101 Å². The van der Waals surface area contributed by atoms with Crippen LogP contribution in [-0.4, -0.2) is 24.0 Å². The summed E-state index contributed by atoms with van der Waals surface area (Å²) in [5.41, 5.74) is 5.66. The van der Waals surface area contributed by atoms with Crippen LogP contribution < -0.4 is 10.2 Å². The summed E-state index contributed by atoms with van der Waals surface area (Å²) >= 11 is 0. The van der Waals surface area contributed by atoms with Gasteiger partial charge in [0.25, 0.3) is 0 Å². The van der Waals surface area contributed by atoms with E-state index in [4.69, 9.17) is 4.74 Å². The molecule has 0 heterocycles. The van der Waals surface area contributed by atoms with Crippen LogP contribution in [0, 0.1) is 0 Å². The zero-order chi connectivity index (χ0) is 22.1. The Bertz CT molecular complexity index is 1080. The number of rotatable bonds is 8. The summed E-state index contributed by atoms with van der Waals surface area (Å²) in [6, 6.07) is 23.8. The molecule has 0 radical (unpaired) electrons. The molecule has 0 bridgehead atoms.